The molecule has 4 heteroatoms. The fourth-order valence-electron chi connectivity index (χ4n) is 2.76. The average Bonchev–Trinajstić information content (AvgIpc) is 2.89. The highest BCUT2D eigenvalue weighted by atomic mass is 32.1. The fourth-order valence-corrected chi connectivity index (χ4v) is 3.98. The number of rotatable bonds is 4. The lowest BCUT2D eigenvalue weighted by Crippen LogP contribution is -2.14. The maximum absolute atomic E-state index is 6.35. The first-order valence-corrected chi connectivity index (χ1v) is 7.95. The molecule has 0 spiro atoms. The van der Waals surface area contributed by atoms with Crippen LogP contribution in [0.1, 0.15) is 40.0 Å². The highest BCUT2D eigenvalue weighted by Crippen LogP contribution is 2.30. The topological polar surface area (TPSA) is 48.1 Å². The van der Waals surface area contributed by atoms with Crippen LogP contribution in [-0.4, -0.2) is 12.1 Å². The van der Waals surface area contributed by atoms with Crippen molar-refractivity contribution >= 4 is 11.3 Å². The number of hydrogen-bond donors (Lipinski definition) is 1. The average molecular weight is 288 g/mol. The van der Waals surface area contributed by atoms with Gasteiger partial charge in [-0.3, -0.25) is 0 Å². The Morgan fingerprint density at radius 3 is 2.90 bits per heavy atom. The Hall–Kier alpha value is -1.39. The van der Waals surface area contributed by atoms with E-state index in [1.165, 1.54) is 29.8 Å². The number of benzene rings is 1. The molecule has 0 bridgehead atoms. The third kappa shape index (κ3) is 2.72. The molecule has 0 radical (unpaired) electrons. The Morgan fingerprint density at radius 2 is 2.10 bits per heavy atom. The third-order valence-corrected chi connectivity index (χ3v) is 5.00. The second-order valence-corrected chi connectivity index (χ2v) is 6.41. The summed E-state index contributed by atoms with van der Waals surface area (Å²) in [5, 5.41) is 1.16. The fraction of sp³-hybridized carbons (Fsp3) is 0.438. The molecule has 0 fully saturated rings. The molecule has 1 unspecified atom stereocenters. The van der Waals surface area contributed by atoms with E-state index in [2.05, 4.69) is 0 Å². The highest BCUT2D eigenvalue weighted by Gasteiger charge is 2.18. The van der Waals surface area contributed by atoms with Crippen molar-refractivity contribution in [3.05, 3.63) is 45.4 Å². The lowest BCUT2D eigenvalue weighted by molar-refractivity contribution is 0.405. The molecule has 1 aromatic heterocycles. The summed E-state index contributed by atoms with van der Waals surface area (Å²) in [5.74, 6) is 0.862. The molecular formula is C16H20N2OS. The van der Waals surface area contributed by atoms with Crippen LogP contribution in [0.3, 0.4) is 0 Å². The molecule has 20 heavy (non-hydrogen) atoms. The van der Waals surface area contributed by atoms with Crippen LogP contribution in [0.4, 0.5) is 0 Å². The summed E-state index contributed by atoms with van der Waals surface area (Å²) in [6.45, 7) is 0. The van der Waals surface area contributed by atoms with Crippen LogP contribution in [0.15, 0.2) is 24.3 Å². The van der Waals surface area contributed by atoms with Crippen LogP contribution in [0.2, 0.25) is 0 Å². The predicted octanol–water partition coefficient (Wildman–Crippen LogP) is 3.27. The molecule has 0 saturated heterocycles. The van der Waals surface area contributed by atoms with E-state index < -0.39 is 0 Å². The van der Waals surface area contributed by atoms with Gasteiger partial charge in [0.15, 0.2) is 0 Å². The van der Waals surface area contributed by atoms with Crippen molar-refractivity contribution in [1.82, 2.24) is 4.98 Å². The van der Waals surface area contributed by atoms with Crippen LogP contribution in [-0.2, 0) is 19.3 Å². The summed E-state index contributed by atoms with van der Waals surface area (Å²) in [4.78, 5) is 6.24. The van der Waals surface area contributed by atoms with Crippen LogP contribution in [0, 0.1) is 0 Å². The van der Waals surface area contributed by atoms with Crippen LogP contribution in [0.25, 0.3) is 0 Å². The summed E-state index contributed by atoms with van der Waals surface area (Å²) in [7, 11) is 1.69. The maximum Gasteiger partial charge on any atom is 0.123 e. The summed E-state index contributed by atoms with van der Waals surface area (Å²) in [6.07, 6.45) is 5.69. The van der Waals surface area contributed by atoms with E-state index in [-0.39, 0.29) is 6.04 Å². The first-order chi connectivity index (χ1) is 9.78. The monoisotopic (exact) mass is 288 g/mol. The van der Waals surface area contributed by atoms with Crippen LogP contribution >= 0.6 is 11.3 Å². The molecule has 1 aliphatic carbocycles. The number of nitrogens with zero attached hydrogens (tertiary/aromatic N) is 1. The smallest absolute Gasteiger partial charge is 0.123 e. The Labute approximate surface area is 123 Å². The van der Waals surface area contributed by atoms with Gasteiger partial charge in [0.25, 0.3) is 0 Å². The minimum atomic E-state index is -0.0567. The normalized spacial score (nSPS) is 15.7. The Balaban J connectivity index is 1.78. The number of fused-ring (bicyclic) bond motifs is 1. The molecule has 0 saturated carbocycles. The predicted molar refractivity (Wildman–Crippen MR) is 82.4 cm³/mol. The lowest BCUT2D eigenvalue weighted by Gasteiger charge is -2.14. The Kier molecular flexibility index (Phi) is 4.03. The van der Waals surface area contributed by atoms with Gasteiger partial charge >= 0.3 is 0 Å². The van der Waals surface area contributed by atoms with E-state index in [1.54, 1.807) is 7.11 Å². The highest BCUT2D eigenvalue weighted by molar-refractivity contribution is 7.11. The van der Waals surface area contributed by atoms with Crippen LogP contribution < -0.4 is 10.5 Å². The molecule has 1 aromatic carbocycles. The minimum absolute atomic E-state index is 0.0567. The molecule has 0 amide bonds. The number of methoxy groups -OCH3 is 1. The van der Waals surface area contributed by atoms with E-state index in [9.17, 15) is 0 Å². The van der Waals surface area contributed by atoms with Gasteiger partial charge in [0.05, 0.1) is 17.8 Å². The lowest BCUT2D eigenvalue weighted by atomic mass is 10.0. The van der Waals surface area contributed by atoms with E-state index in [4.69, 9.17) is 15.5 Å². The van der Waals surface area contributed by atoms with E-state index in [1.807, 2.05) is 35.6 Å². The molecular weight excluding hydrogens is 268 g/mol. The second-order valence-electron chi connectivity index (χ2n) is 5.24. The van der Waals surface area contributed by atoms with Gasteiger partial charge in [0.1, 0.15) is 5.75 Å². The van der Waals surface area contributed by atoms with Gasteiger partial charge in [-0.15, -0.1) is 11.3 Å². The maximum atomic E-state index is 6.35. The number of hydrogen-bond acceptors (Lipinski definition) is 4. The molecule has 106 valence electrons. The van der Waals surface area contributed by atoms with Crippen LogP contribution in [0.5, 0.6) is 5.75 Å². The summed E-state index contributed by atoms with van der Waals surface area (Å²) >= 11 is 1.84. The zero-order valence-electron chi connectivity index (χ0n) is 11.8. The van der Waals surface area contributed by atoms with Gasteiger partial charge in [0.2, 0.25) is 0 Å². The quantitative estimate of drug-likeness (QED) is 0.939. The molecule has 3 nitrogen and oxygen atoms in total. The van der Waals surface area contributed by atoms with Crippen molar-refractivity contribution in [3.8, 4) is 5.75 Å². The Morgan fingerprint density at radius 1 is 1.30 bits per heavy atom. The van der Waals surface area contributed by atoms with Crippen molar-refractivity contribution in [1.29, 1.82) is 0 Å². The number of thiazole rings is 1. The summed E-state index contributed by atoms with van der Waals surface area (Å²) < 4.78 is 5.39. The van der Waals surface area contributed by atoms with E-state index in [0.29, 0.717) is 0 Å². The van der Waals surface area contributed by atoms with Crippen molar-refractivity contribution in [2.75, 3.05) is 7.11 Å². The van der Waals surface area contributed by atoms with Gasteiger partial charge < -0.3 is 10.5 Å². The number of aromatic nitrogens is 1. The van der Waals surface area contributed by atoms with Gasteiger partial charge in [-0.05, 0) is 31.7 Å². The van der Waals surface area contributed by atoms with Gasteiger partial charge in [-0.1, -0.05) is 18.2 Å². The largest absolute Gasteiger partial charge is 0.496 e. The second kappa shape index (κ2) is 5.94. The summed E-state index contributed by atoms with van der Waals surface area (Å²) in [6, 6.07) is 7.92. The molecule has 2 aromatic rings. The van der Waals surface area contributed by atoms with Crippen molar-refractivity contribution in [2.24, 2.45) is 5.73 Å². The molecule has 1 heterocycles. The number of aryl methyl sites for hydroxylation is 2. The molecule has 2 N–H and O–H groups in total. The van der Waals surface area contributed by atoms with Gasteiger partial charge in [0, 0.05) is 22.9 Å². The number of ether oxygens (including phenoxy) is 1. The minimum Gasteiger partial charge on any atom is -0.496 e. The first kappa shape index (κ1) is 13.6. The molecule has 1 atom stereocenters. The Bertz CT molecular complexity index is 570. The van der Waals surface area contributed by atoms with Crippen molar-refractivity contribution in [2.45, 2.75) is 38.1 Å². The van der Waals surface area contributed by atoms with Crippen molar-refractivity contribution < 1.29 is 4.74 Å². The summed E-state index contributed by atoms with van der Waals surface area (Å²) in [5.41, 5.74) is 8.72. The number of para-hydroxylation sites is 1. The zero-order valence-corrected chi connectivity index (χ0v) is 12.6. The number of nitrogens with two attached hydrogens (primary N) is 1. The van der Waals surface area contributed by atoms with Gasteiger partial charge in [-0.25, -0.2) is 4.98 Å². The first-order valence-electron chi connectivity index (χ1n) is 7.14. The standard InChI is InChI=1S/C16H20N2OS/c1-19-14-8-4-2-6-11(14)12(17)10-16-18-13-7-3-5-9-15(13)20-16/h2,4,6,8,12H,3,5,7,9-10,17H2,1H3. The molecule has 1 aliphatic rings. The molecule has 0 aliphatic heterocycles. The third-order valence-electron chi connectivity index (χ3n) is 3.82. The van der Waals surface area contributed by atoms with E-state index >= 15 is 0 Å². The van der Waals surface area contributed by atoms with E-state index in [0.717, 1.165) is 29.2 Å². The molecule has 3 rings (SSSR count). The zero-order chi connectivity index (χ0) is 13.9. The van der Waals surface area contributed by atoms with Crippen molar-refractivity contribution in [3.63, 3.8) is 0 Å². The SMILES string of the molecule is COc1ccccc1C(N)Cc1nc2c(s1)CCCC2. The van der Waals surface area contributed by atoms with Gasteiger partial charge in [-0.2, -0.15) is 0 Å².